The molecular weight excluding hydrogens is 600 g/mol. The van der Waals surface area contributed by atoms with Crippen molar-refractivity contribution in [3.63, 3.8) is 0 Å². The first kappa shape index (κ1) is 29.8. The minimum atomic E-state index is -0.203. The van der Waals surface area contributed by atoms with E-state index in [2.05, 4.69) is 36.1 Å². The molecule has 3 fully saturated rings. The van der Waals surface area contributed by atoms with E-state index in [1.54, 1.807) is 29.5 Å². The van der Waals surface area contributed by atoms with Crippen molar-refractivity contribution in [3.05, 3.63) is 48.1 Å². The van der Waals surface area contributed by atoms with Gasteiger partial charge in [-0.25, -0.2) is 14.6 Å². The van der Waals surface area contributed by atoms with Gasteiger partial charge in [-0.1, -0.05) is 17.7 Å². The topological polar surface area (TPSA) is 148 Å². The van der Waals surface area contributed by atoms with Gasteiger partial charge in [0.1, 0.15) is 30.0 Å². The highest BCUT2D eigenvalue weighted by Gasteiger charge is 2.31. The monoisotopic (exact) mass is 636 g/mol. The van der Waals surface area contributed by atoms with Gasteiger partial charge in [-0.2, -0.15) is 0 Å². The third-order valence-electron chi connectivity index (χ3n) is 8.51. The normalized spacial score (nSPS) is 22.8. The van der Waals surface area contributed by atoms with Crippen LogP contribution in [0.4, 0.5) is 11.6 Å². The lowest BCUT2D eigenvalue weighted by molar-refractivity contribution is -0.0813. The van der Waals surface area contributed by atoms with Crippen molar-refractivity contribution in [2.45, 2.75) is 63.5 Å². The van der Waals surface area contributed by atoms with Crippen molar-refractivity contribution >= 4 is 23.2 Å². The molecule has 3 aromatic heterocycles. The Bertz CT molecular complexity index is 1530. The predicted octanol–water partition coefficient (Wildman–Crippen LogP) is 3.69. The molecule has 0 amide bonds. The third-order valence-corrected chi connectivity index (χ3v) is 8.82. The first-order valence-corrected chi connectivity index (χ1v) is 15.9. The lowest BCUT2D eigenvalue weighted by Crippen LogP contribution is -2.43. The molecule has 0 spiro atoms. The minimum absolute atomic E-state index is 0.0132. The Hall–Kier alpha value is -3.85. The Balaban J connectivity index is 1.02. The molecule has 14 nitrogen and oxygen atoms in total. The van der Waals surface area contributed by atoms with Crippen LogP contribution >= 0.6 is 11.6 Å². The van der Waals surface area contributed by atoms with Gasteiger partial charge in [-0.15, -0.1) is 10.2 Å². The molecule has 7 rings (SSSR count). The standard InChI is InChI=1S/C30H37ClN10O4/c1-19(14-40-18-35-38-39-40)44-27-10-21(4-7-25(27)31)22-11-33-30(34-12-22)36-26-15-41(37-29(26)45-24-16-42-17-24)23-5-2-20(3-6-23)28-13-32-8-9-43-28/h4,7,10-12,15,18-20,23-24,28,32H,2-3,5-6,8-9,13-14,16-17H2,1H3,(H,33,34,36)/t19?,20-,23-,28?. The van der Waals surface area contributed by atoms with Gasteiger partial charge in [-0.05, 0) is 66.6 Å². The molecule has 0 radical (unpaired) electrons. The van der Waals surface area contributed by atoms with Crippen molar-refractivity contribution in [2.24, 2.45) is 5.92 Å². The van der Waals surface area contributed by atoms with Crippen LogP contribution in [0.1, 0.15) is 38.6 Å². The van der Waals surface area contributed by atoms with Gasteiger partial charge in [0, 0.05) is 31.0 Å². The number of morpholine rings is 1. The van der Waals surface area contributed by atoms with Crippen molar-refractivity contribution in [3.8, 4) is 22.8 Å². The van der Waals surface area contributed by atoms with Crippen LogP contribution in [0, 0.1) is 5.92 Å². The quantitative estimate of drug-likeness (QED) is 0.247. The molecule has 2 saturated heterocycles. The van der Waals surface area contributed by atoms with Crippen molar-refractivity contribution in [1.82, 2.24) is 45.3 Å². The second-order valence-corrected chi connectivity index (χ2v) is 12.2. The molecule has 2 aliphatic heterocycles. The van der Waals surface area contributed by atoms with Gasteiger partial charge in [-0.3, -0.25) is 4.68 Å². The zero-order valence-corrected chi connectivity index (χ0v) is 25.8. The first-order valence-electron chi connectivity index (χ1n) is 15.5. The second-order valence-electron chi connectivity index (χ2n) is 11.8. The molecule has 0 bridgehead atoms. The van der Waals surface area contributed by atoms with Crippen LogP contribution in [0.2, 0.25) is 5.02 Å². The summed E-state index contributed by atoms with van der Waals surface area (Å²) < 4.78 is 27.3. The number of anilines is 2. The molecular formula is C30H37ClN10O4. The fraction of sp³-hybridized carbons (Fsp3) is 0.533. The van der Waals surface area contributed by atoms with E-state index in [4.69, 9.17) is 35.6 Å². The predicted molar refractivity (Wildman–Crippen MR) is 165 cm³/mol. The van der Waals surface area contributed by atoms with E-state index in [1.807, 2.05) is 29.9 Å². The van der Waals surface area contributed by atoms with Crippen LogP contribution in [0.15, 0.2) is 43.1 Å². The summed E-state index contributed by atoms with van der Waals surface area (Å²) in [6.45, 7) is 6.22. The fourth-order valence-electron chi connectivity index (χ4n) is 6.02. The SMILES string of the molecule is CC(Cn1cnnn1)Oc1cc(-c2cnc(Nc3cn([C@H]4CC[C@H](C5CNCCO5)CC4)nc3OC3COC3)nc2)ccc1Cl. The van der Waals surface area contributed by atoms with Crippen molar-refractivity contribution in [2.75, 3.05) is 38.2 Å². The molecule has 4 aromatic rings. The molecule has 2 unspecified atom stereocenters. The van der Waals surface area contributed by atoms with Gasteiger partial charge in [0.15, 0.2) is 0 Å². The van der Waals surface area contributed by atoms with Crippen LogP contribution < -0.4 is 20.1 Å². The van der Waals surface area contributed by atoms with Crippen LogP contribution in [0.3, 0.4) is 0 Å². The molecule has 3 aliphatic rings. The van der Waals surface area contributed by atoms with Crippen LogP contribution in [-0.4, -0.2) is 91.2 Å². The summed E-state index contributed by atoms with van der Waals surface area (Å²) in [5.74, 6) is 2.12. The number of nitrogens with zero attached hydrogens (tertiary/aromatic N) is 8. The number of ether oxygens (including phenoxy) is 4. The van der Waals surface area contributed by atoms with E-state index in [9.17, 15) is 0 Å². The summed E-state index contributed by atoms with van der Waals surface area (Å²) >= 11 is 6.44. The molecule has 45 heavy (non-hydrogen) atoms. The average molecular weight is 637 g/mol. The summed E-state index contributed by atoms with van der Waals surface area (Å²) in [6.07, 6.45) is 11.5. The number of benzene rings is 1. The minimum Gasteiger partial charge on any atom is -0.487 e. The Morgan fingerprint density at radius 2 is 1.98 bits per heavy atom. The lowest BCUT2D eigenvalue weighted by Gasteiger charge is -2.36. The molecule has 2 N–H and O–H groups in total. The number of hydrogen-bond donors (Lipinski definition) is 2. The Morgan fingerprint density at radius 1 is 1.13 bits per heavy atom. The van der Waals surface area contributed by atoms with E-state index in [1.165, 1.54) is 0 Å². The molecule has 1 aromatic carbocycles. The molecule has 5 heterocycles. The van der Waals surface area contributed by atoms with Gasteiger partial charge in [0.2, 0.25) is 5.95 Å². The highest BCUT2D eigenvalue weighted by atomic mass is 35.5. The highest BCUT2D eigenvalue weighted by Crippen LogP contribution is 2.38. The molecule has 15 heteroatoms. The summed E-state index contributed by atoms with van der Waals surface area (Å²) in [5, 5.41) is 23.4. The van der Waals surface area contributed by atoms with Crippen LogP contribution in [0.5, 0.6) is 11.6 Å². The van der Waals surface area contributed by atoms with Gasteiger partial charge >= 0.3 is 0 Å². The maximum absolute atomic E-state index is 6.44. The van der Waals surface area contributed by atoms with Gasteiger partial charge < -0.3 is 29.6 Å². The number of hydrogen-bond acceptors (Lipinski definition) is 12. The lowest BCUT2D eigenvalue weighted by atomic mass is 9.82. The van der Waals surface area contributed by atoms with E-state index in [0.29, 0.717) is 60.4 Å². The summed E-state index contributed by atoms with van der Waals surface area (Å²) in [4.78, 5) is 9.19. The maximum atomic E-state index is 6.44. The van der Waals surface area contributed by atoms with E-state index in [-0.39, 0.29) is 12.2 Å². The Kier molecular flexibility index (Phi) is 9.05. The zero-order valence-electron chi connectivity index (χ0n) is 25.1. The molecule has 2 atom stereocenters. The Labute approximate surface area is 265 Å². The smallest absolute Gasteiger partial charge is 0.257 e. The average Bonchev–Trinajstić information content (AvgIpc) is 3.71. The molecule has 1 saturated carbocycles. The number of aromatic nitrogens is 8. The van der Waals surface area contributed by atoms with Gasteiger partial charge in [0.05, 0.1) is 49.7 Å². The summed E-state index contributed by atoms with van der Waals surface area (Å²) in [6, 6.07) is 5.90. The van der Waals surface area contributed by atoms with Crippen LogP contribution in [-0.2, 0) is 16.0 Å². The largest absolute Gasteiger partial charge is 0.487 e. The summed E-state index contributed by atoms with van der Waals surface area (Å²) in [5.41, 5.74) is 2.43. The number of rotatable bonds is 11. The number of nitrogens with one attached hydrogen (secondary N) is 2. The molecule has 238 valence electrons. The Morgan fingerprint density at radius 3 is 2.69 bits per heavy atom. The highest BCUT2D eigenvalue weighted by molar-refractivity contribution is 6.32. The fourth-order valence-corrected chi connectivity index (χ4v) is 6.18. The molecule has 1 aliphatic carbocycles. The van der Waals surface area contributed by atoms with E-state index in [0.717, 1.165) is 62.2 Å². The maximum Gasteiger partial charge on any atom is 0.257 e. The van der Waals surface area contributed by atoms with Crippen LogP contribution in [0.25, 0.3) is 11.1 Å². The number of halogens is 1. The first-order chi connectivity index (χ1) is 22.1. The summed E-state index contributed by atoms with van der Waals surface area (Å²) in [7, 11) is 0. The van der Waals surface area contributed by atoms with E-state index < -0.39 is 0 Å². The van der Waals surface area contributed by atoms with Crippen molar-refractivity contribution < 1.29 is 18.9 Å². The number of tetrazole rings is 1. The third kappa shape index (κ3) is 7.19. The van der Waals surface area contributed by atoms with Gasteiger partial charge in [0.25, 0.3) is 5.88 Å². The second kappa shape index (κ2) is 13.6. The van der Waals surface area contributed by atoms with E-state index >= 15 is 0 Å². The zero-order chi connectivity index (χ0) is 30.6. The van der Waals surface area contributed by atoms with Crippen molar-refractivity contribution in [1.29, 1.82) is 0 Å².